The number of rotatable bonds is 6. The molecule has 1 aliphatic carbocycles. The van der Waals surface area contributed by atoms with Crippen molar-refractivity contribution in [2.75, 3.05) is 11.4 Å². The third-order valence-corrected chi connectivity index (χ3v) is 4.39. The summed E-state index contributed by atoms with van der Waals surface area (Å²) in [5.74, 6) is 0.865. The van der Waals surface area contributed by atoms with Crippen LogP contribution in [0.5, 0.6) is 0 Å². The monoisotopic (exact) mass is 254 g/mol. The van der Waals surface area contributed by atoms with E-state index in [-0.39, 0.29) is 6.61 Å². The molecular formula is C13H22N2OS. The lowest BCUT2D eigenvalue weighted by atomic mass is 10.3. The van der Waals surface area contributed by atoms with E-state index in [9.17, 15) is 5.11 Å². The van der Waals surface area contributed by atoms with Crippen LogP contribution >= 0.6 is 11.3 Å². The Labute approximate surface area is 107 Å². The molecule has 0 bridgehead atoms. The van der Waals surface area contributed by atoms with Gasteiger partial charge in [0.2, 0.25) is 0 Å². The minimum atomic E-state index is 0.121. The second kappa shape index (κ2) is 5.36. The lowest BCUT2D eigenvalue weighted by molar-refractivity contribution is 0.284. The van der Waals surface area contributed by atoms with E-state index in [0.29, 0.717) is 6.04 Å². The summed E-state index contributed by atoms with van der Waals surface area (Å²) in [5, 5.41) is 10.4. The highest BCUT2D eigenvalue weighted by atomic mass is 32.1. The van der Waals surface area contributed by atoms with Gasteiger partial charge in [0, 0.05) is 12.6 Å². The highest BCUT2D eigenvalue weighted by molar-refractivity contribution is 7.15. The first-order valence-electron chi connectivity index (χ1n) is 6.51. The Morgan fingerprint density at radius 1 is 1.47 bits per heavy atom. The fraction of sp³-hybridized carbons (Fsp3) is 0.769. The van der Waals surface area contributed by atoms with Gasteiger partial charge in [0.15, 0.2) is 5.13 Å². The van der Waals surface area contributed by atoms with Crippen LogP contribution < -0.4 is 4.90 Å². The van der Waals surface area contributed by atoms with Gasteiger partial charge in [0.1, 0.15) is 0 Å². The number of aliphatic hydroxyl groups excluding tert-OH is 1. The van der Waals surface area contributed by atoms with Gasteiger partial charge < -0.3 is 10.0 Å². The molecule has 1 fully saturated rings. The average molecular weight is 254 g/mol. The zero-order valence-electron chi connectivity index (χ0n) is 10.9. The number of hydrogen-bond acceptors (Lipinski definition) is 4. The zero-order valence-corrected chi connectivity index (χ0v) is 11.8. The minimum absolute atomic E-state index is 0.121. The van der Waals surface area contributed by atoms with E-state index in [1.807, 2.05) is 0 Å². The molecule has 1 aromatic heterocycles. The van der Waals surface area contributed by atoms with Crippen molar-refractivity contribution >= 4 is 16.5 Å². The highest BCUT2D eigenvalue weighted by Gasteiger charge is 2.27. The maximum absolute atomic E-state index is 9.33. The molecule has 0 aromatic carbocycles. The largest absolute Gasteiger partial charge is 0.391 e. The second-order valence-corrected chi connectivity index (χ2v) is 6.13. The van der Waals surface area contributed by atoms with Crippen LogP contribution in [-0.2, 0) is 13.0 Å². The number of aromatic nitrogens is 1. The van der Waals surface area contributed by atoms with Gasteiger partial charge in [0.25, 0.3) is 0 Å². The smallest absolute Gasteiger partial charge is 0.186 e. The molecule has 1 aliphatic rings. The van der Waals surface area contributed by atoms with E-state index in [2.05, 4.69) is 30.7 Å². The standard InChI is InChI=1S/C13H22N2OS/c1-4-11-12(8-16)17-13(14-11)15(9(2)3)7-10-5-6-10/h9-10,16H,4-8H2,1-3H3. The predicted octanol–water partition coefficient (Wildman–Crippen LogP) is 2.82. The van der Waals surface area contributed by atoms with Crippen molar-refractivity contribution in [1.82, 2.24) is 4.98 Å². The Morgan fingerprint density at radius 3 is 2.59 bits per heavy atom. The number of aliphatic hydroxyl groups is 1. The first-order chi connectivity index (χ1) is 8.15. The summed E-state index contributed by atoms with van der Waals surface area (Å²) in [6.45, 7) is 7.77. The molecule has 1 aromatic rings. The summed E-state index contributed by atoms with van der Waals surface area (Å²) in [4.78, 5) is 8.11. The molecule has 2 rings (SSSR count). The molecular weight excluding hydrogens is 232 g/mol. The predicted molar refractivity (Wildman–Crippen MR) is 72.6 cm³/mol. The Kier molecular flexibility index (Phi) is 4.05. The summed E-state index contributed by atoms with van der Waals surface area (Å²) < 4.78 is 0. The molecule has 96 valence electrons. The summed E-state index contributed by atoms with van der Waals surface area (Å²) >= 11 is 1.66. The van der Waals surface area contributed by atoms with Crippen LogP contribution in [0.4, 0.5) is 5.13 Å². The highest BCUT2D eigenvalue weighted by Crippen LogP contribution is 2.34. The van der Waals surface area contributed by atoms with Crippen molar-refractivity contribution in [3.05, 3.63) is 10.6 Å². The number of nitrogens with zero attached hydrogens (tertiary/aromatic N) is 2. The first-order valence-corrected chi connectivity index (χ1v) is 7.33. The molecule has 0 unspecified atom stereocenters. The van der Waals surface area contributed by atoms with E-state index < -0.39 is 0 Å². The summed E-state index contributed by atoms with van der Waals surface area (Å²) in [6.07, 6.45) is 3.63. The van der Waals surface area contributed by atoms with Gasteiger partial charge in [-0.05, 0) is 39.0 Å². The average Bonchev–Trinajstić information content (AvgIpc) is 3.03. The Bertz CT molecular complexity index is 350. The molecule has 0 saturated heterocycles. The minimum Gasteiger partial charge on any atom is -0.391 e. The Morgan fingerprint density at radius 2 is 2.18 bits per heavy atom. The van der Waals surface area contributed by atoms with Crippen molar-refractivity contribution in [3.8, 4) is 0 Å². The second-order valence-electron chi connectivity index (χ2n) is 5.07. The van der Waals surface area contributed by atoms with Crippen molar-refractivity contribution in [2.45, 2.75) is 52.7 Å². The molecule has 0 amide bonds. The van der Waals surface area contributed by atoms with E-state index in [1.165, 1.54) is 12.8 Å². The Balaban J connectivity index is 2.18. The molecule has 3 nitrogen and oxygen atoms in total. The van der Waals surface area contributed by atoms with Crippen molar-refractivity contribution in [1.29, 1.82) is 0 Å². The van der Waals surface area contributed by atoms with Gasteiger partial charge >= 0.3 is 0 Å². The molecule has 0 atom stereocenters. The van der Waals surface area contributed by atoms with E-state index >= 15 is 0 Å². The molecule has 0 spiro atoms. The van der Waals surface area contributed by atoms with Crippen LogP contribution in [0.2, 0.25) is 0 Å². The SMILES string of the molecule is CCc1nc(N(CC2CC2)C(C)C)sc1CO. The molecule has 4 heteroatoms. The quantitative estimate of drug-likeness (QED) is 0.848. The molecule has 1 heterocycles. The summed E-state index contributed by atoms with van der Waals surface area (Å²) in [6, 6.07) is 0.484. The fourth-order valence-electron chi connectivity index (χ4n) is 1.98. The topological polar surface area (TPSA) is 36.4 Å². The van der Waals surface area contributed by atoms with Crippen LogP contribution in [0.3, 0.4) is 0 Å². The molecule has 17 heavy (non-hydrogen) atoms. The van der Waals surface area contributed by atoms with Gasteiger partial charge in [-0.1, -0.05) is 18.3 Å². The lowest BCUT2D eigenvalue weighted by Crippen LogP contribution is -2.32. The van der Waals surface area contributed by atoms with Gasteiger partial charge in [-0.2, -0.15) is 0 Å². The van der Waals surface area contributed by atoms with Crippen molar-refractivity contribution in [3.63, 3.8) is 0 Å². The summed E-state index contributed by atoms with van der Waals surface area (Å²) in [7, 11) is 0. The number of aryl methyl sites for hydroxylation is 1. The lowest BCUT2D eigenvalue weighted by Gasteiger charge is -2.26. The van der Waals surface area contributed by atoms with Gasteiger partial charge in [-0.15, -0.1) is 0 Å². The van der Waals surface area contributed by atoms with Crippen LogP contribution in [-0.4, -0.2) is 22.7 Å². The van der Waals surface area contributed by atoms with Crippen LogP contribution in [0.15, 0.2) is 0 Å². The third kappa shape index (κ3) is 2.99. The molecule has 0 aliphatic heterocycles. The number of thiazole rings is 1. The maximum Gasteiger partial charge on any atom is 0.186 e. The van der Waals surface area contributed by atoms with E-state index in [4.69, 9.17) is 0 Å². The van der Waals surface area contributed by atoms with Gasteiger partial charge in [-0.25, -0.2) is 4.98 Å². The summed E-state index contributed by atoms with van der Waals surface area (Å²) in [5.41, 5.74) is 1.06. The van der Waals surface area contributed by atoms with E-state index in [0.717, 1.165) is 34.6 Å². The van der Waals surface area contributed by atoms with Crippen LogP contribution in [0, 0.1) is 5.92 Å². The fourth-order valence-corrected chi connectivity index (χ4v) is 3.13. The Hall–Kier alpha value is -0.610. The number of hydrogen-bond donors (Lipinski definition) is 1. The normalized spacial score (nSPS) is 15.6. The van der Waals surface area contributed by atoms with Crippen molar-refractivity contribution < 1.29 is 5.11 Å². The van der Waals surface area contributed by atoms with Gasteiger partial charge in [-0.3, -0.25) is 0 Å². The molecule has 1 N–H and O–H groups in total. The van der Waals surface area contributed by atoms with Crippen LogP contribution in [0.1, 0.15) is 44.2 Å². The third-order valence-electron chi connectivity index (χ3n) is 3.27. The number of anilines is 1. The molecule has 1 saturated carbocycles. The van der Waals surface area contributed by atoms with Crippen LogP contribution in [0.25, 0.3) is 0 Å². The van der Waals surface area contributed by atoms with Crippen molar-refractivity contribution in [2.24, 2.45) is 5.92 Å². The maximum atomic E-state index is 9.33. The first kappa shape index (κ1) is 12.8. The van der Waals surface area contributed by atoms with E-state index in [1.54, 1.807) is 11.3 Å². The zero-order chi connectivity index (χ0) is 12.4. The molecule has 0 radical (unpaired) electrons. The van der Waals surface area contributed by atoms with Gasteiger partial charge in [0.05, 0.1) is 17.2 Å².